The predicted molar refractivity (Wildman–Crippen MR) is 151 cm³/mol. The smallest absolute Gasteiger partial charge is 0.232 e. The van der Waals surface area contributed by atoms with Gasteiger partial charge < -0.3 is 24.0 Å². The molecule has 0 aliphatic carbocycles. The number of fused-ring (bicyclic) bond motifs is 1. The SMILES string of the molecule is COc1ccc(CN(Cc2ccc(OC)cc2)c2nc(N3CCOCC3)nc3c(-c4ccnnc4)cnn23)cc1. The lowest BCUT2D eigenvalue weighted by Crippen LogP contribution is -2.38. The minimum atomic E-state index is 0.594. The molecule has 0 unspecified atom stereocenters. The molecule has 0 bridgehead atoms. The first-order valence-corrected chi connectivity index (χ1v) is 13.1. The lowest BCUT2D eigenvalue weighted by molar-refractivity contribution is 0.122. The van der Waals surface area contributed by atoms with Crippen LogP contribution in [0.5, 0.6) is 11.5 Å². The summed E-state index contributed by atoms with van der Waals surface area (Å²) in [5.41, 5.74) is 4.68. The van der Waals surface area contributed by atoms with E-state index >= 15 is 0 Å². The maximum Gasteiger partial charge on any atom is 0.232 e. The number of benzene rings is 2. The van der Waals surface area contributed by atoms with E-state index in [0.29, 0.717) is 56.9 Å². The van der Waals surface area contributed by atoms with Crippen molar-refractivity contribution in [1.82, 2.24) is 29.8 Å². The van der Waals surface area contributed by atoms with Crippen LogP contribution in [0.4, 0.5) is 11.9 Å². The highest BCUT2D eigenvalue weighted by atomic mass is 16.5. The van der Waals surface area contributed by atoms with Crippen LogP contribution in [0.2, 0.25) is 0 Å². The minimum Gasteiger partial charge on any atom is -0.497 e. The molecular weight excluding hydrogens is 508 g/mol. The zero-order valence-corrected chi connectivity index (χ0v) is 22.5. The lowest BCUT2D eigenvalue weighted by Gasteiger charge is -2.29. The first-order valence-electron chi connectivity index (χ1n) is 13.1. The Morgan fingerprint density at radius 3 is 2.02 bits per heavy atom. The molecule has 4 heterocycles. The van der Waals surface area contributed by atoms with E-state index in [-0.39, 0.29) is 0 Å². The Labute approximate surface area is 232 Å². The maximum absolute atomic E-state index is 5.60. The second-order valence-corrected chi connectivity index (χ2v) is 9.40. The van der Waals surface area contributed by atoms with Gasteiger partial charge in [-0.25, -0.2) is 0 Å². The summed E-state index contributed by atoms with van der Waals surface area (Å²) in [4.78, 5) is 14.5. The number of anilines is 2. The molecule has 1 saturated heterocycles. The van der Waals surface area contributed by atoms with Gasteiger partial charge in [-0.15, -0.1) is 0 Å². The number of methoxy groups -OCH3 is 2. The van der Waals surface area contributed by atoms with Crippen LogP contribution in [0.25, 0.3) is 16.8 Å². The Bertz CT molecular complexity index is 1500. The summed E-state index contributed by atoms with van der Waals surface area (Å²) in [6, 6.07) is 18.1. The topological polar surface area (TPSA) is 103 Å². The Hall–Kier alpha value is -4.77. The van der Waals surface area contributed by atoms with E-state index < -0.39 is 0 Å². The molecule has 2 aromatic carbocycles. The van der Waals surface area contributed by atoms with Crippen molar-refractivity contribution < 1.29 is 14.2 Å². The van der Waals surface area contributed by atoms with Crippen LogP contribution in [0, 0.1) is 0 Å². The Balaban J connectivity index is 1.48. The molecule has 5 aromatic rings. The first kappa shape index (κ1) is 25.5. The molecule has 0 radical (unpaired) electrons. The number of hydrogen-bond acceptors (Lipinski definition) is 10. The van der Waals surface area contributed by atoms with Gasteiger partial charge in [0.15, 0.2) is 5.65 Å². The van der Waals surface area contributed by atoms with Crippen molar-refractivity contribution >= 4 is 17.5 Å². The number of morpholine rings is 1. The van der Waals surface area contributed by atoms with Gasteiger partial charge in [-0.05, 0) is 41.5 Å². The van der Waals surface area contributed by atoms with Crippen molar-refractivity contribution in [3.63, 3.8) is 0 Å². The van der Waals surface area contributed by atoms with Gasteiger partial charge in [0.05, 0.1) is 46.0 Å². The molecule has 40 heavy (non-hydrogen) atoms. The van der Waals surface area contributed by atoms with E-state index in [1.165, 1.54) is 0 Å². The minimum absolute atomic E-state index is 0.594. The summed E-state index contributed by atoms with van der Waals surface area (Å²) in [6.07, 6.45) is 5.20. The number of aromatic nitrogens is 6. The molecule has 0 amide bonds. The molecule has 1 aliphatic rings. The zero-order chi connectivity index (χ0) is 27.3. The molecule has 0 atom stereocenters. The highest BCUT2D eigenvalue weighted by Crippen LogP contribution is 2.29. The van der Waals surface area contributed by atoms with Crippen molar-refractivity contribution in [1.29, 1.82) is 0 Å². The van der Waals surface area contributed by atoms with Crippen molar-refractivity contribution in [2.45, 2.75) is 13.1 Å². The summed E-state index contributed by atoms with van der Waals surface area (Å²) >= 11 is 0. The number of hydrogen-bond donors (Lipinski definition) is 0. The van der Waals surface area contributed by atoms with Gasteiger partial charge in [-0.2, -0.15) is 29.8 Å². The van der Waals surface area contributed by atoms with E-state index in [2.05, 4.69) is 44.3 Å². The normalized spacial score (nSPS) is 13.4. The fraction of sp³-hybridized carbons (Fsp3) is 0.276. The Kier molecular flexibility index (Phi) is 7.36. The highest BCUT2D eigenvalue weighted by Gasteiger charge is 2.23. The summed E-state index contributed by atoms with van der Waals surface area (Å²) in [5.74, 6) is 2.95. The average molecular weight is 539 g/mol. The third-order valence-corrected chi connectivity index (χ3v) is 6.88. The predicted octanol–water partition coefficient (Wildman–Crippen LogP) is 3.64. The van der Waals surface area contributed by atoms with E-state index in [1.54, 1.807) is 26.6 Å². The Morgan fingerprint density at radius 2 is 1.45 bits per heavy atom. The standard InChI is InChI=1S/C29H30N8O3/c1-38-24-7-3-21(4-8-24)19-36(20-22-5-9-25(39-2)10-6-22)29-34-28(35-13-15-40-16-14-35)33-27-26(18-32-37(27)29)23-11-12-30-31-17-23/h3-12,17-18H,13-16,19-20H2,1-2H3. The Morgan fingerprint density at radius 1 is 0.800 bits per heavy atom. The molecule has 1 aliphatic heterocycles. The molecule has 1 fully saturated rings. The molecule has 6 rings (SSSR count). The fourth-order valence-electron chi connectivity index (χ4n) is 4.72. The van der Waals surface area contributed by atoms with Crippen LogP contribution in [0.15, 0.2) is 73.2 Å². The van der Waals surface area contributed by atoms with Crippen LogP contribution in [0.3, 0.4) is 0 Å². The van der Waals surface area contributed by atoms with E-state index in [4.69, 9.17) is 29.3 Å². The zero-order valence-electron chi connectivity index (χ0n) is 22.5. The van der Waals surface area contributed by atoms with Crippen LogP contribution in [-0.2, 0) is 17.8 Å². The van der Waals surface area contributed by atoms with E-state index in [9.17, 15) is 0 Å². The van der Waals surface area contributed by atoms with Gasteiger partial charge in [-0.3, -0.25) is 0 Å². The molecule has 11 heteroatoms. The number of nitrogens with zero attached hydrogens (tertiary/aromatic N) is 8. The van der Waals surface area contributed by atoms with E-state index in [1.807, 2.05) is 41.0 Å². The van der Waals surface area contributed by atoms with Crippen molar-refractivity contribution in [3.05, 3.63) is 84.3 Å². The van der Waals surface area contributed by atoms with Gasteiger partial charge in [0.2, 0.25) is 11.9 Å². The van der Waals surface area contributed by atoms with Crippen LogP contribution < -0.4 is 19.3 Å². The largest absolute Gasteiger partial charge is 0.497 e. The van der Waals surface area contributed by atoms with Gasteiger partial charge in [-0.1, -0.05) is 24.3 Å². The lowest BCUT2D eigenvalue weighted by atomic mass is 10.1. The highest BCUT2D eigenvalue weighted by molar-refractivity contribution is 5.78. The number of ether oxygens (including phenoxy) is 3. The van der Waals surface area contributed by atoms with Gasteiger partial charge >= 0.3 is 0 Å². The molecule has 3 aromatic heterocycles. The van der Waals surface area contributed by atoms with Gasteiger partial charge in [0.1, 0.15) is 11.5 Å². The van der Waals surface area contributed by atoms with Gasteiger partial charge in [0.25, 0.3) is 0 Å². The quantitative estimate of drug-likeness (QED) is 0.276. The molecular formula is C29H30N8O3. The third-order valence-electron chi connectivity index (χ3n) is 6.88. The summed E-state index contributed by atoms with van der Waals surface area (Å²) < 4.78 is 18.2. The molecule has 0 N–H and O–H groups in total. The fourth-order valence-corrected chi connectivity index (χ4v) is 4.72. The van der Waals surface area contributed by atoms with Gasteiger partial charge in [0, 0.05) is 37.3 Å². The van der Waals surface area contributed by atoms with E-state index in [0.717, 1.165) is 33.8 Å². The van der Waals surface area contributed by atoms with Crippen molar-refractivity contribution in [2.24, 2.45) is 0 Å². The second-order valence-electron chi connectivity index (χ2n) is 9.40. The molecule has 204 valence electrons. The first-order chi connectivity index (χ1) is 19.7. The molecule has 0 spiro atoms. The van der Waals surface area contributed by atoms with Crippen molar-refractivity contribution in [3.8, 4) is 22.6 Å². The second kappa shape index (κ2) is 11.5. The third kappa shape index (κ3) is 5.36. The van der Waals surface area contributed by atoms with Crippen LogP contribution >= 0.6 is 0 Å². The van der Waals surface area contributed by atoms with Crippen LogP contribution in [0.1, 0.15) is 11.1 Å². The summed E-state index contributed by atoms with van der Waals surface area (Å²) in [5, 5.41) is 12.8. The maximum atomic E-state index is 5.60. The average Bonchev–Trinajstić information content (AvgIpc) is 3.46. The molecule has 11 nitrogen and oxygen atoms in total. The van der Waals surface area contributed by atoms with Crippen molar-refractivity contribution in [2.75, 3.05) is 50.3 Å². The summed E-state index contributed by atoms with van der Waals surface area (Å²) in [7, 11) is 3.34. The number of rotatable bonds is 9. The molecule has 0 saturated carbocycles. The summed E-state index contributed by atoms with van der Waals surface area (Å²) in [6.45, 7) is 3.88. The van der Waals surface area contributed by atoms with Crippen LogP contribution in [-0.4, -0.2) is 70.3 Å². The monoisotopic (exact) mass is 538 g/mol.